The van der Waals surface area contributed by atoms with E-state index in [4.69, 9.17) is 9.47 Å². The molecule has 4 nitrogen and oxygen atoms in total. The number of amides is 1. The number of nitrogens with one attached hydrogen (secondary N) is 1. The molecule has 3 rings (SSSR count). The number of carbonyl (C=O) groups is 1. The van der Waals surface area contributed by atoms with Gasteiger partial charge in [0.1, 0.15) is 18.1 Å². The highest BCUT2D eigenvalue weighted by molar-refractivity contribution is 5.94. The summed E-state index contributed by atoms with van der Waals surface area (Å²) in [6.07, 6.45) is 2.44. The lowest BCUT2D eigenvalue weighted by Crippen LogP contribution is -2.28. The van der Waals surface area contributed by atoms with Gasteiger partial charge in [-0.05, 0) is 53.1 Å². The second kappa shape index (κ2) is 8.90. The predicted molar refractivity (Wildman–Crippen MR) is 109 cm³/mol. The molecule has 0 aromatic heterocycles. The van der Waals surface area contributed by atoms with Crippen LogP contribution >= 0.6 is 0 Å². The second-order valence-corrected chi connectivity index (χ2v) is 6.13. The van der Waals surface area contributed by atoms with Crippen molar-refractivity contribution in [2.75, 3.05) is 20.3 Å². The van der Waals surface area contributed by atoms with Crippen LogP contribution in [0.2, 0.25) is 0 Å². The fourth-order valence-corrected chi connectivity index (χ4v) is 2.93. The molecule has 0 radical (unpaired) electrons. The normalized spacial score (nSPS) is 10.4. The van der Waals surface area contributed by atoms with Gasteiger partial charge in [-0.1, -0.05) is 36.4 Å². The van der Waals surface area contributed by atoms with Crippen LogP contribution in [0.4, 0.5) is 0 Å². The standard InChI is InChI=1S/C23H23NO3/c1-3-6-19-15-20(10-12-22(19)26-2)23(25)24-13-14-27-21-11-9-17-7-4-5-8-18(17)16-21/h3-5,7-12,15-16H,1,6,13-14H2,2H3,(H,24,25). The van der Waals surface area contributed by atoms with E-state index in [1.54, 1.807) is 25.3 Å². The maximum Gasteiger partial charge on any atom is 0.251 e. The van der Waals surface area contributed by atoms with Gasteiger partial charge in [0.2, 0.25) is 0 Å². The van der Waals surface area contributed by atoms with Gasteiger partial charge in [0, 0.05) is 5.56 Å². The van der Waals surface area contributed by atoms with Crippen molar-refractivity contribution in [2.45, 2.75) is 6.42 Å². The fourth-order valence-electron chi connectivity index (χ4n) is 2.93. The fraction of sp³-hybridized carbons (Fsp3) is 0.174. The van der Waals surface area contributed by atoms with Crippen LogP contribution in [-0.4, -0.2) is 26.2 Å². The zero-order valence-corrected chi connectivity index (χ0v) is 15.4. The zero-order chi connectivity index (χ0) is 19.1. The number of carbonyl (C=O) groups excluding carboxylic acids is 1. The van der Waals surface area contributed by atoms with Crippen LogP contribution in [0.3, 0.4) is 0 Å². The summed E-state index contributed by atoms with van der Waals surface area (Å²) in [5, 5.41) is 5.19. The van der Waals surface area contributed by atoms with Crippen LogP contribution in [0.15, 0.2) is 73.3 Å². The quantitative estimate of drug-likeness (QED) is 0.478. The summed E-state index contributed by atoms with van der Waals surface area (Å²) < 4.78 is 11.1. The monoisotopic (exact) mass is 361 g/mol. The van der Waals surface area contributed by atoms with Crippen molar-refractivity contribution in [3.05, 3.63) is 84.4 Å². The molecular weight excluding hydrogens is 338 g/mol. The third kappa shape index (κ3) is 4.67. The average Bonchev–Trinajstić information content (AvgIpc) is 2.71. The number of methoxy groups -OCH3 is 1. The molecule has 1 amide bonds. The summed E-state index contributed by atoms with van der Waals surface area (Å²) in [6.45, 7) is 4.57. The van der Waals surface area contributed by atoms with Crippen LogP contribution in [-0.2, 0) is 6.42 Å². The van der Waals surface area contributed by atoms with Crippen LogP contribution in [0.25, 0.3) is 10.8 Å². The summed E-state index contributed by atoms with van der Waals surface area (Å²) in [6, 6.07) is 19.5. The lowest BCUT2D eigenvalue weighted by Gasteiger charge is -2.11. The first kappa shape index (κ1) is 18.5. The Labute approximate surface area is 159 Å². The van der Waals surface area contributed by atoms with Gasteiger partial charge in [0.05, 0.1) is 13.7 Å². The van der Waals surface area contributed by atoms with Gasteiger partial charge in [0.25, 0.3) is 5.91 Å². The first-order valence-electron chi connectivity index (χ1n) is 8.89. The number of benzene rings is 3. The highest BCUT2D eigenvalue weighted by Crippen LogP contribution is 2.21. The van der Waals surface area contributed by atoms with Gasteiger partial charge in [-0.25, -0.2) is 0 Å². The van der Waals surface area contributed by atoms with E-state index < -0.39 is 0 Å². The number of fused-ring (bicyclic) bond motifs is 1. The molecule has 3 aromatic carbocycles. The molecule has 0 fully saturated rings. The van der Waals surface area contributed by atoms with E-state index in [0.29, 0.717) is 25.1 Å². The van der Waals surface area contributed by atoms with Crippen molar-refractivity contribution >= 4 is 16.7 Å². The summed E-state index contributed by atoms with van der Waals surface area (Å²) in [5.41, 5.74) is 1.53. The Bertz CT molecular complexity index is 949. The molecule has 0 heterocycles. The maximum atomic E-state index is 12.4. The molecule has 27 heavy (non-hydrogen) atoms. The summed E-state index contributed by atoms with van der Waals surface area (Å²) >= 11 is 0. The van der Waals surface area contributed by atoms with Gasteiger partial charge < -0.3 is 14.8 Å². The molecule has 0 saturated heterocycles. The van der Waals surface area contributed by atoms with Crippen molar-refractivity contribution in [2.24, 2.45) is 0 Å². The minimum atomic E-state index is -0.134. The van der Waals surface area contributed by atoms with E-state index in [9.17, 15) is 4.79 Å². The molecule has 0 saturated carbocycles. The minimum Gasteiger partial charge on any atom is -0.496 e. The Balaban J connectivity index is 1.54. The number of ether oxygens (including phenoxy) is 2. The Morgan fingerprint density at radius 2 is 1.89 bits per heavy atom. The second-order valence-electron chi connectivity index (χ2n) is 6.13. The van der Waals surface area contributed by atoms with Gasteiger partial charge >= 0.3 is 0 Å². The molecule has 0 spiro atoms. The molecule has 0 aliphatic rings. The maximum absolute atomic E-state index is 12.4. The predicted octanol–water partition coefficient (Wildman–Crippen LogP) is 4.39. The number of rotatable bonds is 8. The molecular formula is C23H23NO3. The van der Waals surface area contributed by atoms with Gasteiger partial charge in [0.15, 0.2) is 0 Å². The number of hydrogen-bond donors (Lipinski definition) is 1. The molecule has 3 aromatic rings. The summed E-state index contributed by atoms with van der Waals surface area (Å²) in [5.74, 6) is 1.41. The summed E-state index contributed by atoms with van der Waals surface area (Å²) in [4.78, 5) is 12.4. The van der Waals surface area contributed by atoms with Gasteiger partial charge in [-0.3, -0.25) is 4.79 Å². The van der Waals surface area contributed by atoms with Gasteiger partial charge in [-0.2, -0.15) is 0 Å². The van der Waals surface area contributed by atoms with E-state index in [2.05, 4.69) is 24.0 Å². The Hall–Kier alpha value is -3.27. The summed E-state index contributed by atoms with van der Waals surface area (Å²) in [7, 11) is 1.62. The lowest BCUT2D eigenvalue weighted by molar-refractivity contribution is 0.0947. The van der Waals surface area contributed by atoms with Crippen molar-refractivity contribution in [1.82, 2.24) is 5.32 Å². The average molecular weight is 361 g/mol. The van der Waals surface area contributed by atoms with Crippen molar-refractivity contribution in [1.29, 1.82) is 0 Å². The van der Waals surface area contributed by atoms with Crippen LogP contribution < -0.4 is 14.8 Å². The van der Waals surface area contributed by atoms with E-state index in [1.165, 1.54) is 5.39 Å². The van der Waals surface area contributed by atoms with Crippen LogP contribution in [0.5, 0.6) is 11.5 Å². The largest absolute Gasteiger partial charge is 0.496 e. The molecule has 4 heteroatoms. The molecule has 0 unspecified atom stereocenters. The molecule has 0 aliphatic heterocycles. The first-order valence-corrected chi connectivity index (χ1v) is 8.89. The van der Waals surface area contributed by atoms with E-state index >= 15 is 0 Å². The van der Waals surface area contributed by atoms with Gasteiger partial charge in [-0.15, -0.1) is 6.58 Å². The Morgan fingerprint density at radius 1 is 1.07 bits per heavy atom. The Morgan fingerprint density at radius 3 is 2.67 bits per heavy atom. The molecule has 0 aliphatic carbocycles. The number of allylic oxidation sites excluding steroid dienone is 1. The van der Waals surface area contributed by atoms with Crippen LogP contribution in [0.1, 0.15) is 15.9 Å². The van der Waals surface area contributed by atoms with Crippen molar-refractivity contribution in [3.8, 4) is 11.5 Å². The van der Waals surface area contributed by atoms with E-state index in [0.717, 1.165) is 22.4 Å². The smallest absolute Gasteiger partial charge is 0.251 e. The third-order valence-electron chi connectivity index (χ3n) is 4.28. The van der Waals surface area contributed by atoms with E-state index in [1.807, 2.05) is 36.4 Å². The molecule has 138 valence electrons. The zero-order valence-electron chi connectivity index (χ0n) is 15.4. The lowest BCUT2D eigenvalue weighted by atomic mass is 10.1. The SMILES string of the molecule is C=CCc1cc(C(=O)NCCOc2ccc3ccccc3c2)ccc1OC. The highest BCUT2D eigenvalue weighted by Gasteiger charge is 2.09. The molecule has 0 atom stereocenters. The van der Waals surface area contributed by atoms with Crippen molar-refractivity contribution in [3.63, 3.8) is 0 Å². The first-order chi connectivity index (χ1) is 13.2. The Kier molecular flexibility index (Phi) is 6.10. The molecule has 0 bridgehead atoms. The van der Waals surface area contributed by atoms with Crippen molar-refractivity contribution < 1.29 is 14.3 Å². The molecule has 1 N–H and O–H groups in total. The van der Waals surface area contributed by atoms with E-state index in [-0.39, 0.29) is 5.91 Å². The topological polar surface area (TPSA) is 47.6 Å². The van der Waals surface area contributed by atoms with Crippen LogP contribution in [0, 0.1) is 0 Å². The third-order valence-corrected chi connectivity index (χ3v) is 4.28. The minimum absolute atomic E-state index is 0.134. The highest BCUT2D eigenvalue weighted by atomic mass is 16.5. The number of hydrogen-bond acceptors (Lipinski definition) is 3.